The SMILES string of the molecule is COc1c(B(O)O)cccc1-c1cc(C)c2c(ccc3[nH]ncc32)n1. The molecule has 6 nitrogen and oxygen atoms in total. The molecular formula is C18H16BN3O3. The van der Waals surface area contributed by atoms with Crippen LogP contribution in [-0.4, -0.2) is 39.5 Å². The second-order valence-corrected chi connectivity index (χ2v) is 5.92. The molecule has 0 aliphatic rings. The van der Waals surface area contributed by atoms with E-state index in [2.05, 4.69) is 10.2 Å². The summed E-state index contributed by atoms with van der Waals surface area (Å²) in [5.41, 5.74) is 4.61. The van der Waals surface area contributed by atoms with Gasteiger partial charge in [0.25, 0.3) is 0 Å². The Bertz CT molecular complexity index is 1090. The molecule has 0 saturated carbocycles. The van der Waals surface area contributed by atoms with Gasteiger partial charge in [-0.1, -0.05) is 12.1 Å². The van der Waals surface area contributed by atoms with Gasteiger partial charge in [-0.25, -0.2) is 4.98 Å². The third-order valence-corrected chi connectivity index (χ3v) is 4.39. The molecule has 0 atom stereocenters. The molecule has 25 heavy (non-hydrogen) atoms. The zero-order valence-corrected chi connectivity index (χ0v) is 13.8. The molecule has 4 aromatic rings. The molecule has 0 unspecified atom stereocenters. The topological polar surface area (TPSA) is 91.3 Å². The van der Waals surface area contributed by atoms with Crippen molar-refractivity contribution in [1.29, 1.82) is 0 Å². The van der Waals surface area contributed by atoms with Crippen molar-refractivity contribution in [2.75, 3.05) is 7.11 Å². The van der Waals surface area contributed by atoms with E-state index in [1.807, 2.05) is 31.2 Å². The fourth-order valence-electron chi connectivity index (χ4n) is 3.28. The molecule has 0 fully saturated rings. The average molecular weight is 333 g/mol. The molecule has 2 aromatic carbocycles. The molecule has 2 aromatic heterocycles. The predicted molar refractivity (Wildman–Crippen MR) is 97.9 cm³/mol. The third-order valence-electron chi connectivity index (χ3n) is 4.39. The standard InChI is InChI=1S/C18H16BN3O3/c1-10-8-16(11-4-3-5-13(19(23)24)18(11)25-2)21-15-7-6-14-12(17(10)15)9-20-22-14/h3-9,23-24H,1-2H3,(H,20,22). The summed E-state index contributed by atoms with van der Waals surface area (Å²) in [6.45, 7) is 2.02. The highest BCUT2D eigenvalue weighted by Gasteiger charge is 2.21. The summed E-state index contributed by atoms with van der Waals surface area (Å²) in [4.78, 5) is 4.76. The van der Waals surface area contributed by atoms with Crippen molar-refractivity contribution in [3.05, 3.63) is 48.2 Å². The number of nitrogens with zero attached hydrogens (tertiary/aromatic N) is 2. The first kappa shape index (κ1) is 15.6. The van der Waals surface area contributed by atoms with Crippen LogP contribution in [0.5, 0.6) is 5.75 Å². The second kappa shape index (κ2) is 5.88. The molecule has 4 rings (SSSR count). The van der Waals surface area contributed by atoms with Crippen LogP contribution in [0.15, 0.2) is 42.6 Å². The Balaban J connectivity index is 1.99. The third kappa shape index (κ3) is 2.45. The van der Waals surface area contributed by atoms with E-state index in [9.17, 15) is 10.0 Å². The zero-order chi connectivity index (χ0) is 17.6. The van der Waals surface area contributed by atoms with E-state index in [0.29, 0.717) is 22.5 Å². The molecule has 0 spiro atoms. The lowest BCUT2D eigenvalue weighted by Crippen LogP contribution is -2.31. The Morgan fingerprint density at radius 3 is 2.76 bits per heavy atom. The molecule has 0 aliphatic carbocycles. The van der Waals surface area contributed by atoms with Crippen molar-refractivity contribution in [1.82, 2.24) is 15.2 Å². The minimum absolute atomic E-state index is 0.310. The number of fused-ring (bicyclic) bond motifs is 3. The fraction of sp³-hybridized carbons (Fsp3) is 0.111. The maximum absolute atomic E-state index is 9.57. The summed E-state index contributed by atoms with van der Waals surface area (Å²) in [6, 6.07) is 11.1. The van der Waals surface area contributed by atoms with Gasteiger partial charge in [-0.05, 0) is 36.8 Å². The molecule has 0 bridgehead atoms. The van der Waals surface area contributed by atoms with E-state index in [-0.39, 0.29) is 0 Å². The lowest BCUT2D eigenvalue weighted by molar-refractivity contribution is 0.404. The molecule has 124 valence electrons. The highest BCUT2D eigenvalue weighted by molar-refractivity contribution is 6.60. The lowest BCUT2D eigenvalue weighted by Gasteiger charge is -2.14. The Morgan fingerprint density at radius 2 is 2.00 bits per heavy atom. The van der Waals surface area contributed by atoms with Crippen molar-refractivity contribution >= 4 is 34.4 Å². The predicted octanol–water partition coefficient (Wildman–Crippen LogP) is 1.77. The van der Waals surface area contributed by atoms with Gasteiger partial charge in [0.15, 0.2) is 0 Å². The minimum Gasteiger partial charge on any atom is -0.496 e. The number of para-hydroxylation sites is 1. The number of aromatic amines is 1. The van der Waals surface area contributed by atoms with E-state index in [1.54, 1.807) is 18.3 Å². The summed E-state index contributed by atoms with van der Waals surface area (Å²) in [5, 5.41) is 28.3. The number of ether oxygens (including phenoxy) is 1. The van der Waals surface area contributed by atoms with Gasteiger partial charge in [-0.2, -0.15) is 5.10 Å². The fourth-order valence-corrected chi connectivity index (χ4v) is 3.28. The number of aryl methyl sites for hydroxylation is 1. The lowest BCUT2D eigenvalue weighted by atomic mass is 9.78. The number of pyridine rings is 1. The first-order valence-corrected chi connectivity index (χ1v) is 7.87. The van der Waals surface area contributed by atoms with Crippen LogP contribution in [0.2, 0.25) is 0 Å². The van der Waals surface area contributed by atoms with E-state index >= 15 is 0 Å². The van der Waals surface area contributed by atoms with Crippen LogP contribution >= 0.6 is 0 Å². The van der Waals surface area contributed by atoms with Crippen molar-refractivity contribution in [2.45, 2.75) is 6.92 Å². The molecule has 0 amide bonds. The highest BCUT2D eigenvalue weighted by Crippen LogP contribution is 2.32. The molecule has 0 aliphatic heterocycles. The van der Waals surface area contributed by atoms with Crippen LogP contribution in [-0.2, 0) is 0 Å². The van der Waals surface area contributed by atoms with Crippen LogP contribution in [0.1, 0.15) is 5.56 Å². The van der Waals surface area contributed by atoms with E-state index in [1.165, 1.54) is 7.11 Å². The molecule has 2 heterocycles. The second-order valence-electron chi connectivity index (χ2n) is 5.92. The molecule has 0 saturated heterocycles. The number of hydrogen-bond acceptors (Lipinski definition) is 5. The molecular weight excluding hydrogens is 317 g/mol. The Hall–Kier alpha value is -2.90. The van der Waals surface area contributed by atoms with Gasteiger partial charge in [0.1, 0.15) is 5.75 Å². The molecule has 0 radical (unpaired) electrons. The number of hydrogen-bond donors (Lipinski definition) is 3. The van der Waals surface area contributed by atoms with Gasteiger partial charge in [-0.15, -0.1) is 0 Å². The highest BCUT2D eigenvalue weighted by atomic mass is 16.5. The number of H-pyrrole nitrogens is 1. The summed E-state index contributed by atoms with van der Waals surface area (Å²) < 4.78 is 5.43. The smallest absolute Gasteiger partial charge is 0.492 e. The largest absolute Gasteiger partial charge is 0.496 e. The van der Waals surface area contributed by atoms with Crippen LogP contribution in [0.25, 0.3) is 33.1 Å². The van der Waals surface area contributed by atoms with E-state index in [0.717, 1.165) is 27.4 Å². The van der Waals surface area contributed by atoms with Crippen LogP contribution in [0.4, 0.5) is 0 Å². The number of rotatable bonds is 3. The van der Waals surface area contributed by atoms with Crippen molar-refractivity contribution in [3.8, 4) is 17.0 Å². The maximum atomic E-state index is 9.57. The van der Waals surface area contributed by atoms with E-state index in [4.69, 9.17) is 9.72 Å². The quantitative estimate of drug-likeness (QED) is 0.497. The summed E-state index contributed by atoms with van der Waals surface area (Å²) in [6.07, 6.45) is 1.80. The number of aromatic nitrogens is 3. The maximum Gasteiger partial charge on any atom is 0.492 e. The Labute approximate surface area is 144 Å². The van der Waals surface area contributed by atoms with E-state index < -0.39 is 7.12 Å². The van der Waals surface area contributed by atoms with Crippen LogP contribution < -0.4 is 10.2 Å². The molecule has 3 N–H and O–H groups in total. The van der Waals surface area contributed by atoms with Gasteiger partial charge in [0, 0.05) is 21.8 Å². The Kier molecular flexibility index (Phi) is 3.67. The summed E-state index contributed by atoms with van der Waals surface area (Å²) >= 11 is 0. The normalized spacial score (nSPS) is 11.2. The minimum atomic E-state index is -1.61. The summed E-state index contributed by atoms with van der Waals surface area (Å²) in [7, 11) is -0.102. The number of methoxy groups -OCH3 is 1. The van der Waals surface area contributed by atoms with Crippen molar-refractivity contribution in [3.63, 3.8) is 0 Å². The first-order chi connectivity index (χ1) is 12.1. The number of benzene rings is 2. The summed E-state index contributed by atoms with van der Waals surface area (Å²) in [5.74, 6) is 0.410. The van der Waals surface area contributed by atoms with Crippen molar-refractivity contribution < 1.29 is 14.8 Å². The van der Waals surface area contributed by atoms with Crippen LogP contribution in [0.3, 0.4) is 0 Å². The zero-order valence-electron chi connectivity index (χ0n) is 13.8. The first-order valence-electron chi connectivity index (χ1n) is 7.87. The van der Waals surface area contributed by atoms with Gasteiger partial charge in [-0.3, -0.25) is 5.10 Å². The Morgan fingerprint density at radius 1 is 1.16 bits per heavy atom. The van der Waals surface area contributed by atoms with Crippen molar-refractivity contribution in [2.24, 2.45) is 0 Å². The average Bonchev–Trinajstić information content (AvgIpc) is 3.09. The van der Waals surface area contributed by atoms with Gasteiger partial charge in [0.05, 0.1) is 30.0 Å². The van der Waals surface area contributed by atoms with Gasteiger partial charge in [0.2, 0.25) is 0 Å². The monoisotopic (exact) mass is 333 g/mol. The van der Waals surface area contributed by atoms with Gasteiger partial charge < -0.3 is 14.8 Å². The number of nitrogens with one attached hydrogen (secondary N) is 1. The molecule has 7 heteroatoms. The van der Waals surface area contributed by atoms with Crippen LogP contribution in [0, 0.1) is 6.92 Å². The van der Waals surface area contributed by atoms with Gasteiger partial charge >= 0.3 is 7.12 Å².